The summed E-state index contributed by atoms with van der Waals surface area (Å²) in [6.07, 6.45) is 3.03. The molecule has 2 heterocycles. The predicted octanol–water partition coefficient (Wildman–Crippen LogP) is 2.13. The van der Waals surface area contributed by atoms with Crippen molar-refractivity contribution in [3.63, 3.8) is 0 Å². The van der Waals surface area contributed by atoms with Gasteiger partial charge in [-0.2, -0.15) is 0 Å². The number of rotatable bonds is 4. The molecule has 0 saturated carbocycles. The summed E-state index contributed by atoms with van der Waals surface area (Å²) in [5.41, 5.74) is 6.84. The van der Waals surface area contributed by atoms with Crippen LogP contribution in [0, 0.1) is 5.82 Å². The maximum atomic E-state index is 13.2. The van der Waals surface area contributed by atoms with Crippen molar-refractivity contribution in [2.75, 3.05) is 7.11 Å². The van der Waals surface area contributed by atoms with Crippen molar-refractivity contribution < 1.29 is 14.3 Å². The summed E-state index contributed by atoms with van der Waals surface area (Å²) < 4.78 is 13.2. The van der Waals surface area contributed by atoms with Crippen molar-refractivity contribution >= 4 is 5.57 Å². The van der Waals surface area contributed by atoms with E-state index in [1.54, 1.807) is 19.2 Å². The van der Waals surface area contributed by atoms with Gasteiger partial charge in [-0.3, -0.25) is 10.3 Å². The number of hydrogen-bond donors (Lipinski definition) is 3. The van der Waals surface area contributed by atoms with Gasteiger partial charge in [0, 0.05) is 11.6 Å². The third-order valence-electron chi connectivity index (χ3n) is 4.40. The number of aliphatic hydroxyl groups is 1. The van der Waals surface area contributed by atoms with Crippen LogP contribution in [0.2, 0.25) is 0 Å². The van der Waals surface area contributed by atoms with Crippen LogP contribution >= 0.6 is 0 Å². The summed E-state index contributed by atoms with van der Waals surface area (Å²) in [4.78, 5) is 5.07. The third kappa shape index (κ3) is 2.67. The number of allylic oxidation sites excluding steroid dienone is 1. The lowest BCUT2D eigenvalue weighted by atomic mass is 9.87. The molecule has 1 aromatic carbocycles. The normalized spacial score (nSPS) is 28.2. The van der Waals surface area contributed by atoms with Crippen molar-refractivity contribution in [3.8, 4) is 0 Å². The Kier molecular flexibility index (Phi) is 4.29. The Labute approximate surface area is 129 Å². The van der Waals surface area contributed by atoms with E-state index in [1.165, 1.54) is 12.1 Å². The highest BCUT2D eigenvalue weighted by Gasteiger charge is 2.41. The third-order valence-corrected chi connectivity index (χ3v) is 4.40. The zero-order valence-corrected chi connectivity index (χ0v) is 12.8. The van der Waals surface area contributed by atoms with Gasteiger partial charge in [-0.1, -0.05) is 18.2 Å². The molecule has 0 aromatic heterocycles. The first kappa shape index (κ1) is 15.2. The number of fused-ring (bicyclic) bond motifs is 2. The van der Waals surface area contributed by atoms with Crippen LogP contribution in [0.1, 0.15) is 25.3 Å². The van der Waals surface area contributed by atoms with Gasteiger partial charge in [0.1, 0.15) is 5.82 Å². The molecule has 3 atom stereocenters. The monoisotopic (exact) mass is 304 g/mol. The summed E-state index contributed by atoms with van der Waals surface area (Å²) in [7, 11) is 1.56. The second-order valence-corrected chi connectivity index (χ2v) is 5.76. The van der Waals surface area contributed by atoms with Crippen LogP contribution in [0.15, 0.2) is 41.6 Å². The molecule has 22 heavy (non-hydrogen) atoms. The Morgan fingerprint density at radius 1 is 1.41 bits per heavy atom. The quantitative estimate of drug-likeness (QED) is 0.746. The average molecular weight is 304 g/mol. The standard InChI is InChI=1S/C17H21FN2O2/c1-3-14(20-22-2)16-13(10-4-6-11(18)7-5-10)8-12-9-15(21)17(16)19-12/h3-7,12,15,17,19-21H,8-9H2,1-2H3/t12?,15?,17-/m1/s1. The van der Waals surface area contributed by atoms with Crippen LogP contribution in [0.5, 0.6) is 0 Å². The van der Waals surface area contributed by atoms with Crippen LogP contribution in [-0.4, -0.2) is 30.4 Å². The number of hydrogen-bond acceptors (Lipinski definition) is 4. The summed E-state index contributed by atoms with van der Waals surface area (Å²) in [6.45, 7) is 1.92. The maximum absolute atomic E-state index is 13.2. The van der Waals surface area contributed by atoms with Crippen LogP contribution < -0.4 is 10.8 Å². The van der Waals surface area contributed by atoms with Crippen molar-refractivity contribution in [3.05, 3.63) is 53.0 Å². The Bertz CT molecular complexity index is 610. The van der Waals surface area contributed by atoms with E-state index in [4.69, 9.17) is 4.84 Å². The molecule has 0 radical (unpaired) electrons. The van der Waals surface area contributed by atoms with Crippen molar-refractivity contribution in [1.29, 1.82) is 0 Å². The molecule has 118 valence electrons. The van der Waals surface area contributed by atoms with Crippen molar-refractivity contribution in [2.45, 2.75) is 38.0 Å². The van der Waals surface area contributed by atoms with Crippen LogP contribution in [0.4, 0.5) is 4.39 Å². The Hall–Kier alpha value is -1.69. The summed E-state index contributed by atoms with van der Waals surface area (Å²) in [6, 6.07) is 6.65. The molecule has 1 saturated heterocycles. The molecule has 3 N–H and O–H groups in total. The van der Waals surface area contributed by atoms with E-state index >= 15 is 0 Å². The molecular weight excluding hydrogens is 283 g/mol. The summed E-state index contributed by atoms with van der Waals surface area (Å²) in [5, 5.41) is 13.8. The van der Waals surface area contributed by atoms with Crippen LogP contribution in [0.3, 0.4) is 0 Å². The minimum atomic E-state index is -0.424. The zero-order valence-electron chi connectivity index (χ0n) is 12.8. The van der Waals surface area contributed by atoms with E-state index < -0.39 is 6.10 Å². The molecule has 2 aliphatic heterocycles. The number of benzene rings is 1. The smallest absolute Gasteiger partial charge is 0.123 e. The highest BCUT2D eigenvalue weighted by atomic mass is 19.1. The fraction of sp³-hybridized carbons (Fsp3) is 0.412. The fourth-order valence-corrected chi connectivity index (χ4v) is 3.46. The average Bonchev–Trinajstić information content (AvgIpc) is 2.81. The van der Waals surface area contributed by atoms with E-state index in [2.05, 4.69) is 10.8 Å². The van der Waals surface area contributed by atoms with Gasteiger partial charge >= 0.3 is 0 Å². The predicted molar refractivity (Wildman–Crippen MR) is 83.2 cm³/mol. The largest absolute Gasteiger partial charge is 0.391 e. The fourth-order valence-electron chi connectivity index (χ4n) is 3.46. The molecule has 4 nitrogen and oxygen atoms in total. The molecule has 2 bridgehead atoms. The lowest BCUT2D eigenvalue weighted by Gasteiger charge is -2.30. The Morgan fingerprint density at radius 3 is 2.77 bits per heavy atom. The van der Waals surface area contributed by atoms with Gasteiger partial charge in [0.2, 0.25) is 0 Å². The van der Waals surface area contributed by atoms with E-state index in [9.17, 15) is 9.50 Å². The topological polar surface area (TPSA) is 53.5 Å². The van der Waals surface area contributed by atoms with Crippen LogP contribution in [-0.2, 0) is 4.84 Å². The summed E-state index contributed by atoms with van der Waals surface area (Å²) in [5.74, 6) is -0.246. The first-order chi connectivity index (χ1) is 10.6. The highest BCUT2D eigenvalue weighted by Crippen LogP contribution is 2.39. The Morgan fingerprint density at radius 2 is 2.14 bits per heavy atom. The molecule has 0 amide bonds. The first-order valence-electron chi connectivity index (χ1n) is 7.52. The van der Waals surface area contributed by atoms with Gasteiger partial charge < -0.3 is 10.4 Å². The summed E-state index contributed by atoms with van der Waals surface area (Å²) >= 11 is 0. The van der Waals surface area contributed by atoms with E-state index in [0.29, 0.717) is 0 Å². The molecule has 3 rings (SSSR count). The van der Waals surface area contributed by atoms with Crippen molar-refractivity contribution in [1.82, 2.24) is 10.8 Å². The second-order valence-electron chi connectivity index (χ2n) is 5.76. The molecule has 2 unspecified atom stereocenters. The minimum absolute atomic E-state index is 0.132. The van der Waals surface area contributed by atoms with Gasteiger partial charge in [-0.05, 0) is 43.0 Å². The van der Waals surface area contributed by atoms with Gasteiger partial charge in [-0.15, -0.1) is 0 Å². The van der Waals surface area contributed by atoms with Gasteiger partial charge in [0.05, 0.1) is 25.0 Å². The first-order valence-corrected chi connectivity index (χ1v) is 7.52. The van der Waals surface area contributed by atoms with E-state index in [-0.39, 0.29) is 17.9 Å². The van der Waals surface area contributed by atoms with Gasteiger partial charge in [0.25, 0.3) is 0 Å². The SMILES string of the molecule is CC=C(NOC)C1=C(c2ccc(F)cc2)CC2CC(O)[C@H]1N2. The van der Waals surface area contributed by atoms with Crippen LogP contribution in [0.25, 0.3) is 5.57 Å². The lowest BCUT2D eigenvalue weighted by Crippen LogP contribution is -2.41. The number of hydroxylamine groups is 1. The maximum Gasteiger partial charge on any atom is 0.123 e. The van der Waals surface area contributed by atoms with Gasteiger partial charge in [-0.25, -0.2) is 4.39 Å². The van der Waals surface area contributed by atoms with Crippen molar-refractivity contribution in [2.24, 2.45) is 0 Å². The number of halogens is 1. The zero-order chi connectivity index (χ0) is 15.7. The van der Waals surface area contributed by atoms with Gasteiger partial charge in [0.15, 0.2) is 0 Å². The van der Waals surface area contributed by atoms with E-state index in [0.717, 1.165) is 35.2 Å². The Balaban J connectivity index is 2.10. The minimum Gasteiger partial charge on any atom is -0.391 e. The number of aliphatic hydroxyl groups excluding tert-OH is 1. The molecule has 1 fully saturated rings. The molecule has 1 aromatic rings. The second kappa shape index (κ2) is 6.20. The molecule has 2 aliphatic rings. The molecular formula is C17H21FN2O2. The van der Waals surface area contributed by atoms with E-state index in [1.807, 2.05) is 13.0 Å². The number of nitrogens with one attached hydrogen (secondary N) is 2. The molecule has 0 aliphatic carbocycles. The molecule has 0 spiro atoms. The molecule has 5 heteroatoms. The highest BCUT2D eigenvalue weighted by molar-refractivity contribution is 5.75. The lowest BCUT2D eigenvalue weighted by molar-refractivity contribution is 0.116.